The lowest BCUT2D eigenvalue weighted by Gasteiger charge is -2.35. The molecule has 1 N–H and O–H groups in total. The molecule has 3 rings (SSSR count). The van der Waals surface area contributed by atoms with Crippen LogP contribution in [0, 0.1) is 0 Å². The third-order valence-corrected chi connectivity index (χ3v) is 6.27. The maximum Gasteiger partial charge on any atom is 0.236 e. The van der Waals surface area contributed by atoms with Crippen LogP contribution in [0.1, 0.15) is 24.8 Å². The van der Waals surface area contributed by atoms with Gasteiger partial charge >= 0.3 is 0 Å². The summed E-state index contributed by atoms with van der Waals surface area (Å²) in [5.74, 6) is 2.70. The molecule has 24 heavy (non-hydrogen) atoms. The van der Waals surface area contributed by atoms with E-state index in [0.29, 0.717) is 24.5 Å². The molecule has 1 amide bonds. The quantitative estimate of drug-likeness (QED) is 0.856. The highest BCUT2D eigenvalue weighted by Gasteiger charge is 2.27. The monoisotopic (exact) mass is 347 g/mol. The van der Waals surface area contributed by atoms with Crippen LogP contribution in [0.3, 0.4) is 0 Å². The van der Waals surface area contributed by atoms with Crippen molar-refractivity contribution in [3.05, 3.63) is 35.9 Å². The molecule has 0 aliphatic carbocycles. The molecule has 0 unspecified atom stereocenters. The highest BCUT2D eigenvalue weighted by atomic mass is 32.2. The number of carbonyl (C=O) groups is 1. The van der Waals surface area contributed by atoms with Gasteiger partial charge in [-0.2, -0.15) is 11.8 Å². The summed E-state index contributed by atoms with van der Waals surface area (Å²) in [6.45, 7) is 3.21. The van der Waals surface area contributed by atoms with Crippen molar-refractivity contribution >= 4 is 17.7 Å². The molecule has 1 aromatic carbocycles. The normalized spacial score (nSPS) is 24.5. The number of nitrogens with zero attached hydrogens (tertiary/aromatic N) is 2. The number of likely N-dealkylation sites (tertiary alicyclic amines) is 1. The average molecular weight is 348 g/mol. The number of thioether (sulfide) groups is 1. The van der Waals surface area contributed by atoms with Gasteiger partial charge in [0.1, 0.15) is 0 Å². The fourth-order valence-electron chi connectivity index (χ4n) is 3.54. The molecule has 132 valence electrons. The topological polar surface area (TPSA) is 35.6 Å². The molecule has 0 spiro atoms. The number of likely N-dealkylation sites (N-methyl/N-ethyl adjacent to an activating group) is 1. The van der Waals surface area contributed by atoms with Gasteiger partial charge in [0.15, 0.2) is 0 Å². The lowest BCUT2D eigenvalue weighted by molar-refractivity contribution is -0.133. The van der Waals surface area contributed by atoms with Crippen molar-refractivity contribution in [3.8, 4) is 0 Å². The SMILES string of the molecule is CN(CC(=O)N1CCC[C@H](NCc2ccccc2)C1)[C@H]1CCSC1. The molecule has 2 saturated heterocycles. The predicted molar refractivity (Wildman–Crippen MR) is 101 cm³/mol. The third kappa shape index (κ3) is 4.98. The molecule has 2 heterocycles. The zero-order chi connectivity index (χ0) is 16.8. The molecule has 2 aliphatic rings. The lowest BCUT2D eigenvalue weighted by Crippen LogP contribution is -2.51. The summed E-state index contributed by atoms with van der Waals surface area (Å²) in [5, 5.41) is 3.62. The van der Waals surface area contributed by atoms with E-state index in [4.69, 9.17) is 0 Å². The summed E-state index contributed by atoms with van der Waals surface area (Å²) in [6, 6.07) is 11.5. The Balaban J connectivity index is 1.44. The Bertz CT molecular complexity index is 519. The maximum atomic E-state index is 12.6. The van der Waals surface area contributed by atoms with Crippen LogP contribution in [0.25, 0.3) is 0 Å². The van der Waals surface area contributed by atoms with Crippen molar-refractivity contribution in [3.63, 3.8) is 0 Å². The first-order valence-electron chi connectivity index (χ1n) is 9.05. The molecule has 0 saturated carbocycles. The van der Waals surface area contributed by atoms with Gasteiger partial charge in [0.25, 0.3) is 0 Å². The second-order valence-corrected chi connectivity index (χ2v) is 8.13. The zero-order valence-electron chi connectivity index (χ0n) is 14.6. The number of hydrogen-bond acceptors (Lipinski definition) is 4. The van der Waals surface area contributed by atoms with Crippen LogP contribution in [-0.2, 0) is 11.3 Å². The van der Waals surface area contributed by atoms with Gasteiger partial charge in [0.05, 0.1) is 6.54 Å². The fraction of sp³-hybridized carbons (Fsp3) is 0.632. The van der Waals surface area contributed by atoms with Crippen LogP contribution < -0.4 is 5.32 Å². The standard InChI is InChI=1S/C19H29N3OS/c1-21(18-9-11-24-15-18)14-19(23)22-10-5-8-17(13-22)20-12-16-6-3-2-4-7-16/h2-4,6-7,17-18,20H,5,8-15H2,1H3/t17-,18-/m0/s1. The van der Waals surface area contributed by atoms with Crippen LogP contribution in [0.5, 0.6) is 0 Å². The minimum Gasteiger partial charge on any atom is -0.340 e. The van der Waals surface area contributed by atoms with E-state index in [1.165, 1.54) is 23.5 Å². The second-order valence-electron chi connectivity index (χ2n) is 6.98. The van der Waals surface area contributed by atoms with E-state index in [2.05, 4.69) is 46.4 Å². The smallest absolute Gasteiger partial charge is 0.236 e. The summed E-state index contributed by atoms with van der Waals surface area (Å²) >= 11 is 2.00. The van der Waals surface area contributed by atoms with E-state index in [1.807, 2.05) is 17.8 Å². The molecule has 0 aromatic heterocycles. The maximum absolute atomic E-state index is 12.6. The number of rotatable bonds is 6. The number of piperidine rings is 1. The third-order valence-electron chi connectivity index (χ3n) is 5.13. The van der Waals surface area contributed by atoms with Crippen molar-refractivity contribution in [1.82, 2.24) is 15.1 Å². The molecule has 4 nitrogen and oxygen atoms in total. The summed E-state index contributed by atoms with van der Waals surface area (Å²) < 4.78 is 0. The van der Waals surface area contributed by atoms with Crippen molar-refractivity contribution in [1.29, 1.82) is 0 Å². The van der Waals surface area contributed by atoms with Crippen molar-refractivity contribution < 1.29 is 4.79 Å². The Morgan fingerprint density at radius 2 is 2.17 bits per heavy atom. The minimum absolute atomic E-state index is 0.292. The minimum atomic E-state index is 0.292. The van der Waals surface area contributed by atoms with Gasteiger partial charge < -0.3 is 10.2 Å². The first kappa shape index (κ1) is 17.8. The van der Waals surface area contributed by atoms with Crippen LogP contribution in [0.4, 0.5) is 0 Å². The van der Waals surface area contributed by atoms with E-state index in [-0.39, 0.29) is 0 Å². The summed E-state index contributed by atoms with van der Waals surface area (Å²) in [4.78, 5) is 16.9. The van der Waals surface area contributed by atoms with Gasteiger partial charge in [0.2, 0.25) is 5.91 Å². The van der Waals surface area contributed by atoms with Crippen LogP contribution in [0.2, 0.25) is 0 Å². The van der Waals surface area contributed by atoms with Gasteiger partial charge in [-0.1, -0.05) is 30.3 Å². The number of benzene rings is 1. The summed E-state index contributed by atoms with van der Waals surface area (Å²) in [7, 11) is 2.10. The molecule has 2 atom stereocenters. The summed E-state index contributed by atoms with van der Waals surface area (Å²) in [6.07, 6.45) is 3.47. The first-order chi connectivity index (χ1) is 11.7. The Labute approximate surface area is 150 Å². The van der Waals surface area contributed by atoms with Crippen molar-refractivity contribution in [2.45, 2.75) is 37.9 Å². The largest absolute Gasteiger partial charge is 0.340 e. The van der Waals surface area contributed by atoms with Crippen LogP contribution in [0.15, 0.2) is 30.3 Å². The fourth-order valence-corrected chi connectivity index (χ4v) is 4.84. The Morgan fingerprint density at radius 3 is 2.92 bits per heavy atom. The van der Waals surface area contributed by atoms with E-state index >= 15 is 0 Å². The molecule has 2 fully saturated rings. The van der Waals surface area contributed by atoms with Crippen molar-refractivity contribution in [2.24, 2.45) is 0 Å². The van der Waals surface area contributed by atoms with Crippen LogP contribution >= 0.6 is 11.8 Å². The highest BCUT2D eigenvalue weighted by molar-refractivity contribution is 7.99. The summed E-state index contributed by atoms with van der Waals surface area (Å²) in [5.41, 5.74) is 1.31. The molecule has 2 aliphatic heterocycles. The van der Waals surface area contributed by atoms with Crippen LogP contribution in [-0.4, -0.2) is 66.0 Å². The molecule has 5 heteroatoms. The molecule has 0 radical (unpaired) electrons. The number of nitrogens with one attached hydrogen (secondary N) is 1. The van der Waals surface area contributed by atoms with Gasteiger partial charge in [-0.3, -0.25) is 9.69 Å². The van der Waals surface area contributed by atoms with Gasteiger partial charge in [-0.05, 0) is 37.6 Å². The molecular weight excluding hydrogens is 318 g/mol. The number of carbonyl (C=O) groups excluding carboxylic acids is 1. The van der Waals surface area contributed by atoms with E-state index in [0.717, 1.165) is 32.5 Å². The Morgan fingerprint density at radius 1 is 1.33 bits per heavy atom. The zero-order valence-corrected chi connectivity index (χ0v) is 15.4. The highest BCUT2D eigenvalue weighted by Crippen LogP contribution is 2.21. The first-order valence-corrected chi connectivity index (χ1v) is 10.2. The van der Waals surface area contributed by atoms with E-state index in [9.17, 15) is 4.79 Å². The number of hydrogen-bond donors (Lipinski definition) is 1. The van der Waals surface area contributed by atoms with Crippen molar-refractivity contribution in [2.75, 3.05) is 38.2 Å². The number of amides is 1. The average Bonchev–Trinajstić information content (AvgIpc) is 3.16. The van der Waals surface area contributed by atoms with E-state index in [1.54, 1.807) is 0 Å². The lowest BCUT2D eigenvalue weighted by atomic mass is 10.0. The second kappa shape index (κ2) is 8.88. The predicted octanol–water partition coefficient (Wildman–Crippen LogP) is 2.20. The molecule has 1 aromatic rings. The van der Waals surface area contributed by atoms with Gasteiger partial charge in [0, 0.05) is 37.5 Å². The molecule has 0 bridgehead atoms. The van der Waals surface area contributed by atoms with E-state index < -0.39 is 0 Å². The van der Waals surface area contributed by atoms with Gasteiger partial charge in [-0.15, -0.1) is 0 Å². The Hall–Kier alpha value is -1.04. The Kier molecular flexibility index (Phi) is 6.58. The van der Waals surface area contributed by atoms with Gasteiger partial charge in [-0.25, -0.2) is 0 Å². The molecular formula is C19H29N3OS.